The maximum atomic E-state index is 12.3. The van der Waals surface area contributed by atoms with E-state index in [1.54, 1.807) is 11.8 Å². The molecule has 1 fully saturated rings. The number of hydrogen-bond donors (Lipinski definition) is 1. The Balaban J connectivity index is 1.79. The van der Waals surface area contributed by atoms with Crippen molar-refractivity contribution in [2.45, 2.75) is 31.6 Å². The molecule has 1 aliphatic heterocycles. The molecule has 2 atom stereocenters. The number of nitrogens with two attached hydrogens (primary N) is 1. The van der Waals surface area contributed by atoms with Gasteiger partial charge in [-0.15, -0.1) is 11.8 Å². The largest absolute Gasteiger partial charge is 0.338 e. The molecule has 1 aromatic carbocycles. The second-order valence-corrected chi connectivity index (χ2v) is 7.15. The van der Waals surface area contributed by atoms with Crippen LogP contribution in [0.15, 0.2) is 24.3 Å². The summed E-state index contributed by atoms with van der Waals surface area (Å²) >= 11 is 7.51. The van der Waals surface area contributed by atoms with Gasteiger partial charge in [0, 0.05) is 29.9 Å². The monoisotopic (exact) mass is 326 g/mol. The summed E-state index contributed by atoms with van der Waals surface area (Å²) in [5, 5.41) is 0.744. The van der Waals surface area contributed by atoms with Gasteiger partial charge in [-0.05, 0) is 36.5 Å². The maximum Gasteiger partial charge on any atom is 0.232 e. The van der Waals surface area contributed by atoms with E-state index >= 15 is 0 Å². The zero-order chi connectivity index (χ0) is 15.2. The summed E-state index contributed by atoms with van der Waals surface area (Å²) in [5.74, 6) is 2.24. The van der Waals surface area contributed by atoms with Crippen LogP contribution in [0.2, 0.25) is 5.02 Å². The normalized spacial score (nSPS) is 22.3. The van der Waals surface area contributed by atoms with Gasteiger partial charge in [0.05, 0.1) is 5.75 Å². The second-order valence-electron chi connectivity index (χ2n) is 5.73. The zero-order valence-electron chi connectivity index (χ0n) is 12.4. The van der Waals surface area contributed by atoms with E-state index in [1.807, 2.05) is 29.2 Å². The fraction of sp³-hybridized carbons (Fsp3) is 0.562. The SMILES string of the molecule is CC1CCN(C(=O)CSCc2ccc(Cl)cc2)C(CN)C1. The van der Waals surface area contributed by atoms with E-state index in [1.165, 1.54) is 5.56 Å². The highest BCUT2D eigenvalue weighted by molar-refractivity contribution is 7.99. The van der Waals surface area contributed by atoms with E-state index < -0.39 is 0 Å². The van der Waals surface area contributed by atoms with Crippen molar-refractivity contribution in [1.29, 1.82) is 0 Å². The number of carbonyl (C=O) groups excluding carboxylic acids is 1. The fourth-order valence-corrected chi connectivity index (χ4v) is 3.72. The number of nitrogens with zero attached hydrogens (tertiary/aromatic N) is 1. The molecular formula is C16H23ClN2OS. The third kappa shape index (κ3) is 4.90. The Labute approximate surface area is 136 Å². The minimum atomic E-state index is 0.219. The smallest absolute Gasteiger partial charge is 0.232 e. The van der Waals surface area contributed by atoms with Gasteiger partial charge in [0.25, 0.3) is 0 Å². The van der Waals surface area contributed by atoms with Crippen LogP contribution >= 0.6 is 23.4 Å². The fourth-order valence-electron chi connectivity index (χ4n) is 2.72. The Morgan fingerprint density at radius 3 is 2.81 bits per heavy atom. The molecule has 0 radical (unpaired) electrons. The van der Waals surface area contributed by atoms with Gasteiger partial charge >= 0.3 is 0 Å². The van der Waals surface area contributed by atoms with Crippen molar-refractivity contribution >= 4 is 29.3 Å². The van der Waals surface area contributed by atoms with Gasteiger partial charge in [-0.3, -0.25) is 4.79 Å². The maximum absolute atomic E-state index is 12.3. The number of hydrogen-bond acceptors (Lipinski definition) is 3. The van der Waals surface area contributed by atoms with E-state index in [-0.39, 0.29) is 11.9 Å². The molecule has 2 N–H and O–H groups in total. The lowest BCUT2D eigenvalue weighted by Crippen LogP contribution is -2.49. The highest BCUT2D eigenvalue weighted by atomic mass is 35.5. The summed E-state index contributed by atoms with van der Waals surface area (Å²) in [6.45, 7) is 3.65. The van der Waals surface area contributed by atoms with Crippen LogP contribution in [0.1, 0.15) is 25.3 Å². The summed E-state index contributed by atoms with van der Waals surface area (Å²) in [6.07, 6.45) is 2.12. The van der Waals surface area contributed by atoms with E-state index in [2.05, 4.69) is 6.92 Å². The van der Waals surface area contributed by atoms with Gasteiger partial charge in [0.1, 0.15) is 0 Å². The zero-order valence-corrected chi connectivity index (χ0v) is 14.0. The molecule has 1 amide bonds. The van der Waals surface area contributed by atoms with Gasteiger partial charge in [-0.1, -0.05) is 30.7 Å². The van der Waals surface area contributed by atoms with Crippen LogP contribution < -0.4 is 5.73 Å². The molecule has 2 unspecified atom stereocenters. The Hall–Kier alpha value is -0.710. The van der Waals surface area contributed by atoms with Gasteiger partial charge in [-0.25, -0.2) is 0 Å². The number of piperidine rings is 1. The lowest BCUT2D eigenvalue weighted by Gasteiger charge is -2.38. The first-order chi connectivity index (χ1) is 10.1. The molecule has 1 saturated heterocycles. The van der Waals surface area contributed by atoms with E-state index in [9.17, 15) is 4.79 Å². The van der Waals surface area contributed by atoms with Gasteiger partial charge < -0.3 is 10.6 Å². The van der Waals surface area contributed by atoms with Crippen LogP contribution in [-0.4, -0.2) is 35.7 Å². The number of halogens is 1. The molecule has 2 rings (SSSR count). The molecule has 1 aliphatic rings. The Bertz CT molecular complexity index is 466. The number of benzene rings is 1. The summed E-state index contributed by atoms with van der Waals surface area (Å²) in [5.41, 5.74) is 7.01. The Morgan fingerprint density at radius 1 is 1.43 bits per heavy atom. The van der Waals surface area contributed by atoms with E-state index in [0.717, 1.165) is 30.2 Å². The second kappa shape index (κ2) is 8.06. The van der Waals surface area contributed by atoms with Crippen molar-refractivity contribution in [1.82, 2.24) is 4.90 Å². The summed E-state index contributed by atoms with van der Waals surface area (Å²) < 4.78 is 0. The first kappa shape index (κ1) is 16.7. The Morgan fingerprint density at radius 2 is 2.14 bits per heavy atom. The molecular weight excluding hydrogens is 304 g/mol. The number of thioether (sulfide) groups is 1. The van der Waals surface area contributed by atoms with Crippen molar-refractivity contribution < 1.29 is 4.79 Å². The predicted octanol–water partition coefficient (Wildman–Crippen LogP) is 3.16. The van der Waals surface area contributed by atoms with Crippen molar-refractivity contribution in [3.05, 3.63) is 34.9 Å². The third-order valence-electron chi connectivity index (χ3n) is 3.98. The van der Waals surface area contributed by atoms with E-state index in [0.29, 0.717) is 18.2 Å². The van der Waals surface area contributed by atoms with Crippen molar-refractivity contribution in [2.75, 3.05) is 18.8 Å². The molecule has 1 aromatic rings. The van der Waals surface area contributed by atoms with Gasteiger partial charge in [0.15, 0.2) is 0 Å². The summed E-state index contributed by atoms with van der Waals surface area (Å²) in [4.78, 5) is 14.3. The summed E-state index contributed by atoms with van der Waals surface area (Å²) in [7, 11) is 0. The lowest BCUT2D eigenvalue weighted by atomic mass is 9.92. The molecule has 0 bridgehead atoms. The molecule has 21 heavy (non-hydrogen) atoms. The molecule has 0 spiro atoms. The van der Waals surface area contributed by atoms with Crippen LogP contribution in [0.4, 0.5) is 0 Å². The topological polar surface area (TPSA) is 46.3 Å². The summed E-state index contributed by atoms with van der Waals surface area (Å²) in [6, 6.07) is 8.00. The molecule has 116 valence electrons. The average molecular weight is 327 g/mol. The average Bonchev–Trinajstić information content (AvgIpc) is 2.49. The van der Waals surface area contributed by atoms with Gasteiger partial charge in [-0.2, -0.15) is 0 Å². The standard InChI is InChI=1S/C16H23ClN2OS/c1-12-6-7-19(15(8-12)9-18)16(20)11-21-10-13-2-4-14(17)5-3-13/h2-5,12,15H,6-11,18H2,1H3. The van der Waals surface area contributed by atoms with Crippen molar-refractivity contribution in [2.24, 2.45) is 11.7 Å². The van der Waals surface area contributed by atoms with Crippen LogP contribution in [0.5, 0.6) is 0 Å². The highest BCUT2D eigenvalue weighted by Crippen LogP contribution is 2.23. The van der Waals surface area contributed by atoms with Crippen LogP contribution in [-0.2, 0) is 10.5 Å². The number of rotatable bonds is 5. The van der Waals surface area contributed by atoms with Crippen LogP contribution in [0.3, 0.4) is 0 Å². The first-order valence-electron chi connectivity index (χ1n) is 7.42. The number of amides is 1. The minimum absolute atomic E-state index is 0.219. The number of likely N-dealkylation sites (tertiary alicyclic amines) is 1. The number of carbonyl (C=O) groups is 1. The van der Waals surface area contributed by atoms with Crippen LogP contribution in [0, 0.1) is 5.92 Å². The molecule has 0 aliphatic carbocycles. The molecule has 1 heterocycles. The lowest BCUT2D eigenvalue weighted by molar-refractivity contribution is -0.132. The third-order valence-corrected chi connectivity index (χ3v) is 5.22. The van der Waals surface area contributed by atoms with Crippen molar-refractivity contribution in [3.63, 3.8) is 0 Å². The minimum Gasteiger partial charge on any atom is -0.338 e. The molecule has 3 nitrogen and oxygen atoms in total. The Kier molecular flexibility index (Phi) is 6.40. The van der Waals surface area contributed by atoms with Gasteiger partial charge in [0.2, 0.25) is 5.91 Å². The molecule has 5 heteroatoms. The highest BCUT2D eigenvalue weighted by Gasteiger charge is 2.28. The molecule has 0 aromatic heterocycles. The van der Waals surface area contributed by atoms with Crippen molar-refractivity contribution in [3.8, 4) is 0 Å². The van der Waals surface area contributed by atoms with Crippen LogP contribution in [0.25, 0.3) is 0 Å². The molecule has 0 saturated carbocycles. The first-order valence-corrected chi connectivity index (χ1v) is 8.95. The quantitative estimate of drug-likeness (QED) is 0.904. The van der Waals surface area contributed by atoms with E-state index in [4.69, 9.17) is 17.3 Å². The predicted molar refractivity (Wildman–Crippen MR) is 90.6 cm³/mol.